The van der Waals surface area contributed by atoms with Gasteiger partial charge in [-0.1, -0.05) is 27.2 Å². The summed E-state index contributed by atoms with van der Waals surface area (Å²) in [6.07, 6.45) is 4.25. The fraction of sp³-hybridized carbons (Fsp3) is 0.733. The van der Waals surface area contributed by atoms with Crippen molar-refractivity contribution >= 4 is 11.6 Å². The maximum Gasteiger partial charge on any atom is 0.148 e. The second-order valence-electron chi connectivity index (χ2n) is 5.24. The predicted octanol–water partition coefficient (Wildman–Crippen LogP) is 3.04. The SMILES string of the molecule is CCCCN(c1nc(CC)nc(NN)c1C)C(C)CC. The number of unbranched alkanes of at least 4 members (excludes halogenated alkanes) is 1. The van der Waals surface area contributed by atoms with Crippen LogP contribution in [0.2, 0.25) is 0 Å². The fourth-order valence-electron chi connectivity index (χ4n) is 2.21. The first kappa shape index (κ1) is 16.7. The van der Waals surface area contributed by atoms with Gasteiger partial charge in [0.15, 0.2) is 0 Å². The molecular weight excluding hydrogens is 250 g/mol. The van der Waals surface area contributed by atoms with Crippen molar-refractivity contribution in [2.45, 2.75) is 66.3 Å². The third kappa shape index (κ3) is 3.82. The molecule has 0 radical (unpaired) electrons. The molecule has 20 heavy (non-hydrogen) atoms. The highest BCUT2D eigenvalue weighted by atomic mass is 15.3. The van der Waals surface area contributed by atoms with Crippen LogP contribution in [0.25, 0.3) is 0 Å². The van der Waals surface area contributed by atoms with Crippen LogP contribution >= 0.6 is 0 Å². The Hall–Kier alpha value is -1.36. The van der Waals surface area contributed by atoms with Crippen molar-refractivity contribution < 1.29 is 0 Å². The molecule has 0 aliphatic carbocycles. The largest absolute Gasteiger partial charge is 0.354 e. The van der Waals surface area contributed by atoms with Gasteiger partial charge in [0.1, 0.15) is 17.5 Å². The third-order valence-electron chi connectivity index (χ3n) is 3.77. The van der Waals surface area contributed by atoms with E-state index < -0.39 is 0 Å². The number of nitrogens with zero attached hydrogens (tertiary/aromatic N) is 3. The molecule has 0 amide bonds. The summed E-state index contributed by atoms with van der Waals surface area (Å²) in [6.45, 7) is 11.8. The van der Waals surface area contributed by atoms with Gasteiger partial charge in [0.05, 0.1) is 0 Å². The van der Waals surface area contributed by atoms with Crippen LogP contribution in [0.15, 0.2) is 0 Å². The van der Waals surface area contributed by atoms with E-state index in [1.807, 2.05) is 6.92 Å². The molecule has 3 N–H and O–H groups in total. The molecule has 0 fully saturated rings. The van der Waals surface area contributed by atoms with Crippen molar-refractivity contribution in [2.75, 3.05) is 16.9 Å². The molecule has 1 rings (SSSR count). The van der Waals surface area contributed by atoms with Gasteiger partial charge in [-0.05, 0) is 26.7 Å². The van der Waals surface area contributed by atoms with E-state index in [9.17, 15) is 0 Å². The molecular formula is C15H29N5. The number of nitrogens with two attached hydrogens (primary N) is 1. The number of rotatable bonds is 8. The first-order valence-corrected chi connectivity index (χ1v) is 7.69. The van der Waals surface area contributed by atoms with Crippen molar-refractivity contribution in [1.82, 2.24) is 9.97 Å². The molecule has 0 bridgehead atoms. The molecule has 1 aromatic heterocycles. The zero-order valence-electron chi connectivity index (χ0n) is 13.5. The molecule has 0 aliphatic heterocycles. The molecule has 1 aromatic rings. The second-order valence-corrected chi connectivity index (χ2v) is 5.24. The van der Waals surface area contributed by atoms with Gasteiger partial charge < -0.3 is 10.3 Å². The lowest BCUT2D eigenvalue weighted by Gasteiger charge is -2.31. The van der Waals surface area contributed by atoms with E-state index in [2.05, 4.69) is 43.0 Å². The van der Waals surface area contributed by atoms with Crippen LogP contribution in [0, 0.1) is 6.92 Å². The van der Waals surface area contributed by atoms with Crippen molar-refractivity contribution in [1.29, 1.82) is 0 Å². The highest BCUT2D eigenvalue weighted by Gasteiger charge is 2.19. The number of nitrogen functional groups attached to an aromatic ring is 1. The molecule has 5 heteroatoms. The summed E-state index contributed by atoms with van der Waals surface area (Å²) in [5, 5.41) is 0. The van der Waals surface area contributed by atoms with Crippen LogP contribution in [-0.4, -0.2) is 22.6 Å². The molecule has 0 aliphatic rings. The van der Waals surface area contributed by atoms with Crippen molar-refractivity contribution in [3.05, 3.63) is 11.4 Å². The van der Waals surface area contributed by atoms with Crippen LogP contribution < -0.4 is 16.2 Å². The Balaban J connectivity index is 3.22. The van der Waals surface area contributed by atoms with Crippen molar-refractivity contribution in [3.63, 3.8) is 0 Å². The summed E-state index contributed by atoms with van der Waals surface area (Å²) in [6, 6.07) is 0.463. The molecule has 1 unspecified atom stereocenters. The second kappa shape index (κ2) is 8.04. The van der Waals surface area contributed by atoms with Crippen LogP contribution in [-0.2, 0) is 6.42 Å². The average molecular weight is 279 g/mol. The highest BCUT2D eigenvalue weighted by Crippen LogP contribution is 2.26. The van der Waals surface area contributed by atoms with E-state index in [-0.39, 0.29) is 0 Å². The summed E-state index contributed by atoms with van der Waals surface area (Å²) in [4.78, 5) is 11.6. The average Bonchev–Trinajstić information content (AvgIpc) is 2.48. The first-order chi connectivity index (χ1) is 9.58. The molecule has 1 atom stereocenters. The minimum atomic E-state index is 0.463. The smallest absolute Gasteiger partial charge is 0.148 e. The molecule has 1 heterocycles. The van der Waals surface area contributed by atoms with Crippen molar-refractivity contribution in [2.24, 2.45) is 5.84 Å². The van der Waals surface area contributed by atoms with E-state index in [4.69, 9.17) is 10.8 Å². The van der Waals surface area contributed by atoms with Crippen molar-refractivity contribution in [3.8, 4) is 0 Å². The first-order valence-electron chi connectivity index (χ1n) is 7.69. The standard InChI is InChI=1S/C15H29N5/c1-6-9-10-20(11(4)7-2)15-12(5)14(19-16)17-13(8-3)18-15/h11H,6-10,16H2,1-5H3,(H,17,18,19). The zero-order chi connectivity index (χ0) is 15.1. The van der Waals surface area contributed by atoms with E-state index in [0.29, 0.717) is 6.04 Å². The summed E-state index contributed by atoms with van der Waals surface area (Å²) in [5.74, 6) is 8.18. The molecule has 0 saturated carbocycles. The number of hydrogen-bond donors (Lipinski definition) is 2. The number of aromatic nitrogens is 2. The molecule has 0 spiro atoms. The minimum absolute atomic E-state index is 0.463. The summed E-state index contributed by atoms with van der Waals surface area (Å²) in [7, 11) is 0. The zero-order valence-corrected chi connectivity index (χ0v) is 13.5. The quantitative estimate of drug-likeness (QED) is 0.565. The minimum Gasteiger partial charge on any atom is -0.354 e. The van der Waals surface area contributed by atoms with Crippen LogP contribution in [0.1, 0.15) is 58.3 Å². The maximum atomic E-state index is 5.59. The van der Waals surface area contributed by atoms with Crippen LogP contribution in [0.4, 0.5) is 11.6 Å². The van der Waals surface area contributed by atoms with Crippen LogP contribution in [0.3, 0.4) is 0 Å². The molecule has 5 nitrogen and oxygen atoms in total. The Morgan fingerprint density at radius 2 is 1.95 bits per heavy atom. The highest BCUT2D eigenvalue weighted by molar-refractivity contribution is 5.58. The monoisotopic (exact) mass is 279 g/mol. The maximum absolute atomic E-state index is 5.59. The van der Waals surface area contributed by atoms with Gasteiger partial charge in [0.2, 0.25) is 0 Å². The lowest BCUT2D eigenvalue weighted by Crippen LogP contribution is -2.35. The number of hydrazine groups is 1. The van der Waals surface area contributed by atoms with Gasteiger partial charge in [-0.25, -0.2) is 15.8 Å². The fourth-order valence-corrected chi connectivity index (χ4v) is 2.21. The molecule has 0 saturated heterocycles. The van der Waals surface area contributed by atoms with Gasteiger partial charge in [-0.3, -0.25) is 0 Å². The summed E-state index contributed by atoms with van der Waals surface area (Å²) in [5.41, 5.74) is 3.73. The number of hydrogen-bond acceptors (Lipinski definition) is 5. The summed E-state index contributed by atoms with van der Waals surface area (Å²) < 4.78 is 0. The van der Waals surface area contributed by atoms with Gasteiger partial charge in [0, 0.05) is 24.6 Å². The Bertz CT molecular complexity index is 419. The Labute approximate surface area is 123 Å². The Kier molecular flexibility index (Phi) is 6.71. The number of nitrogens with one attached hydrogen (secondary N) is 1. The van der Waals surface area contributed by atoms with Gasteiger partial charge in [-0.2, -0.15) is 0 Å². The van der Waals surface area contributed by atoms with E-state index in [1.54, 1.807) is 0 Å². The predicted molar refractivity (Wildman–Crippen MR) is 86.0 cm³/mol. The van der Waals surface area contributed by atoms with E-state index in [0.717, 1.165) is 42.4 Å². The normalized spacial score (nSPS) is 12.3. The Morgan fingerprint density at radius 3 is 2.45 bits per heavy atom. The Morgan fingerprint density at radius 1 is 1.25 bits per heavy atom. The van der Waals surface area contributed by atoms with Gasteiger partial charge in [0.25, 0.3) is 0 Å². The van der Waals surface area contributed by atoms with Crippen LogP contribution in [0.5, 0.6) is 0 Å². The number of anilines is 2. The molecule has 114 valence electrons. The topological polar surface area (TPSA) is 67.1 Å². The lowest BCUT2D eigenvalue weighted by molar-refractivity contribution is 0.586. The summed E-state index contributed by atoms with van der Waals surface area (Å²) >= 11 is 0. The van der Waals surface area contributed by atoms with E-state index in [1.165, 1.54) is 12.8 Å². The molecule has 0 aromatic carbocycles. The van der Waals surface area contributed by atoms with Gasteiger partial charge >= 0.3 is 0 Å². The third-order valence-corrected chi connectivity index (χ3v) is 3.77. The van der Waals surface area contributed by atoms with E-state index >= 15 is 0 Å². The number of aryl methyl sites for hydroxylation is 1. The van der Waals surface area contributed by atoms with Gasteiger partial charge in [-0.15, -0.1) is 0 Å². The lowest BCUT2D eigenvalue weighted by atomic mass is 10.1.